The second-order valence-corrected chi connectivity index (χ2v) is 4.75. The molecular formula is C12H12ClFN2S. The van der Waals surface area contributed by atoms with Crippen LogP contribution in [0.3, 0.4) is 0 Å². The first-order chi connectivity index (χ1) is 8.27. The van der Waals surface area contributed by atoms with E-state index < -0.39 is 0 Å². The van der Waals surface area contributed by atoms with Crippen molar-refractivity contribution in [2.24, 2.45) is 0 Å². The van der Waals surface area contributed by atoms with E-state index in [-0.39, 0.29) is 10.8 Å². The molecule has 1 aromatic heterocycles. The summed E-state index contributed by atoms with van der Waals surface area (Å²) in [5.41, 5.74) is 3.47. The number of benzene rings is 1. The summed E-state index contributed by atoms with van der Waals surface area (Å²) in [6.07, 6.45) is 0.853. The first-order valence-corrected chi connectivity index (χ1v) is 6.60. The standard InChI is InChI=1S/C12H12ClFN2S/c13-11-3-1-2-9(12(11)14)6-15-5-4-10-7-17-8-16-10/h1-3,7-8,15H,4-6H2. The topological polar surface area (TPSA) is 24.9 Å². The van der Waals surface area contributed by atoms with Crippen LogP contribution in [0.25, 0.3) is 0 Å². The SMILES string of the molecule is Fc1c(Cl)cccc1CNCCc1cscn1. The maximum Gasteiger partial charge on any atom is 0.146 e. The number of nitrogens with one attached hydrogen (secondary N) is 1. The van der Waals surface area contributed by atoms with Crippen LogP contribution in [-0.2, 0) is 13.0 Å². The Balaban J connectivity index is 1.80. The molecule has 0 atom stereocenters. The van der Waals surface area contributed by atoms with Gasteiger partial charge in [0.1, 0.15) is 5.82 Å². The molecule has 2 nitrogen and oxygen atoms in total. The van der Waals surface area contributed by atoms with Crippen molar-refractivity contribution in [2.45, 2.75) is 13.0 Å². The van der Waals surface area contributed by atoms with Crippen molar-refractivity contribution in [3.8, 4) is 0 Å². The highest BCUT2D eigenvalue weighted by Gasteiger charge is 2.05. The Morgan fingerprint density at radius 3 is 3.06 bits per heavy atom. The van der Waals surface area contributed by atoms with Crippen molar-refractivity contribution >= 4 is 22.9 Å². The van der Waals surface area contributed by atoms with E-state index in [1.54, 1.807) is 29.5 Å². The van der Waals surface area contributed by atoms with Crippen molar-refractivity contribution in [1.29, 1.82) is 0 Å². The fraction of sp³-hybridized carbons (Fsp3) is 0.250. The minimum atomic E-state index is -0.338. The second-order valence-electron chi connectivity index (χ2n) is 3.62. The molecule has 0 saturated heterocycles. The molecular weight excluding hydrogens is 259 g/mol. The van der Waals surface area contributed by atoms with Gasteiger partial charge in [-0.3, -0.25) is 0 Å². The molecule has 1 heterocycles. The average molecular weight is 271 g/mol. The lowest BCUT2D eigenvalue weighted by molar-refractivity contribution is 0.588. The summed E-state index contributed by atoms with van der Waals surface area (Å²) in [7, 11) is 0. The van der Waals surface area contributed by atoms with E-state index in [9.17, 15) is 4.39 Å². The molecule has 5 heteroatoms. The Morgan fingerprint density at radius 1 is 1.41 bits per heavy atom. The first kappa shape index (κ1) is 12.5. The van der Waals surface area contributed by atoms with Gasteiger partial charge in [-0.1, -0.05) is 23.7 Å². The summed E-state index contributed by atoms with van der Waals surface area (Å²) in [5, 5.41) is 5.36. The third kappa shape index (κ3) is 3.49. The highest BCUT2D eigenvalue weighted by atomic mass is 35.5. The van der Waals surface area contributed by atoms with Gasteiger partial charge in [-0.25, -0.2) is 9.37 Å². The van der Waals surface area contributed by atoms with Gasteiger partial charge < -0.3 is 5.32 Å². The molecule has 0 spiro atoms. The fourth-order valence-electron chi connectivity index (χ4n) is 1.49. The van der Waals surface area contributed by atoms with Gasteiger partial charge in [0, 0.05) is 30.5 Å². The summed E-state index contributed by atoms with van der Waals surface area (Å²) in [6, 6.07) is 5.04. The van der Waals surface area contributed by atoms with Crippen molar-refractivity contribution < 1.29 is 4.39 Å². The molecule has 17 heavy (non-hydrogen) atoms. The third-order valence-electron chi connectivity index (χ3n) is 2.39. The summed E-state index contributed by atoms with van der Waals surface area (Å²) < 4.78 is 13.5. The van der Waals surface area contributed by atoms with Gasteiger partial charge in [-0.2, -0.15) is 0 Å². The first-order valence-electron chi connectivity index (χ1n) is 5.28. The minimum Gasteiger partial charge on any atom is -0.312 e. The normalized spacial score (nSPS) is 10.7. The van der Waals surface area contributed by atoms with E-state index in [0.717, 1.165) is 18.7 Å². The van der Waals surface area contributed by atoms with Gasteiger partial charge in [0.25, 0.3) is 0 Å². The Bertz CT molecular complexity index is 473. The maximum absolute atomic E-state index is 13.5. The molecule has 0 bridgehead atoms. The monoisotopic (exact) mass is 270 g/mol. The lowest BCUT2D eigenvalue weighted by Crippen LogP contribution is -2.17. The predicted octanol–water partition coefficient (Wildman–Crippen LogP) is 3.27. The highest BCUT2D eigenvalue weighted by Crippen LogP contribution is 2.17. The van der Waals surface area contributed by atoms with Crippen LogP contribution in [-0.4, -0.2) is 11.5 Å². The Hall–Kier alpha value is -0.970. The van der Waals surface area contributed by atoms with Gasteiger partial charge in [-0.05, 0) is 6.07 Å². The zero-order valence-corrected chi connectivity index (χ0v) is 10.7. The Labute approximate surface area is 108 Å². The van der Waals surface area contributed by atoms with E-state index in [2.05, 4.69) is 10.3 Å². The smallest absolute Gasteiger partial charge is 0.146 e. The van der Waals surface area contributed by atoms with Crippen LogP contribution in [0, 0.1) is 5.82 Å². The minimum absolute atomic E-state index is 0.170. The van der Waals surface area contributed by atoms with Crippen LogP contribution < -0.4 is 5.32 Å². The number of halogens is 2. The number of thiazole rings is 1. The van der Waals surface area contributed by atoms with E-state index in [0.29, 0.717) is 12.1 Å². The summed E-state index contributed by atoms with van der Waals surface area (Å²) in [6.45, 7) is 1.26. The molecule has 0 aliphatic rings. The maximum atomic E-state index is 13.5. The number of nitrogens with zero attached hydrogens (tertiary/aromatic N) is 1. The van der Waals surface area contributed by atoms with Crippen LogP contribution in [0.1, 0.15) is 11.3 Å². The Kier molecular flexibility index (Phi) is 4.48. The molecule has 0 saturated carbocycles. The molecule has 0 fully saturated rings. The van der Waals surface area contributed by atoms with Gasteiger partial charge in [-0.15, -0.1) is 11.3 Å². The number of rotatable bonds is 5. The van der Waals surface area contributed by atoms with E-state index in [1.165, 1.54) is 0 Å². The van der Waals surface area contributed by atoms with Crippen molar-refractivity contribution in [3.63, 3.8) is 0 Å². The van der Waals surface area contributed by atoms with Crippen molar-refractivity contribution in [3.05, 3.63) is 51.2 Å². The lowest BCUT2D eigenvalue weighted by Gasteiger charge is -2.06. The molecule has 90 valence electrons. The van der Waals surface area contributed by atoms with Crippen LogP contribution >= 0.6 is 22.9 Å². The molecule has 0 aliphatic carbocycles. The van der Waals surface area contributed by atoms with Gasteiger partial charge >= 0.3 is 0 Å². The van der Waals surface area contributed by atoms with Crippen LogP contribution in [0.5, 0.6) is 0 Å². The number of hydrogen-bond acceptors (Lipinski definition) is 3. The predicted molar refractivity (Wildman–Crippen MR) is 68.9 cm³/mol. The van der Waals surface area contributed by atoms with Gasteiger partial charge in [0.05, 0.1) is 16.2 Å². The van der Waals surface area contributed by atoms with Crippen LogP contribution in [0.2, 0.25) is 5.02 Å². The van der Waals surface area contributed by atoms with Crippen LogP contribution in [0.15, 0.2) is 29.1 Å². The molecule has 1 N–H and O–H groups in total. The Morgan fingerprint density at radius 2 is 2.29 bits per heavy atom. The molecule has 0 unspecified atom stereocenters. The summed E-state index contributed by atoms with van der Waals surface area (Å²) in [4.78, 5) is 4.18. The zero-order chi connectivity index (χ0) is 12.1. The zero-order valence-electron chi connectivity index (χ0n) is 9.12. The highest BCUT2D eigenvalue weighted by molar-refractivity contribution is 7.07. The number of aromatic nitrogens is 1. The van der Waals surface area contributed by atoms with E-state index in [1.807, 2.05) is 10.9 Å². The molecule has 0 radical (unpaired) electrons. The molecule has 1 aromatic carbocycles. The summed E-state index contributed by atoms with van der Waals surface area (Å²) >= 11 is 7.28. The van der Waals surface area contributed by atoms with E-state index in [4.69, 9.17) is 11.6 Å². The van der Waals surface area contributed by atoms with Crippen molar-refractivity contribution in [1.82, 2.24) is 10.3 Å². The van der Waals surface area contributed by atoms with E-state index >= 15 is 0 Å². The molecule has 0 amide bonds. The second kappa shape index (κ2) is 6.10. The molecule has 2 rings (SSSR count). The molecule has 2 aromatic rings. The molecule has 0 aliphatic heterocycles. The third-order valence-corrected chi connectivity index (χ3v) is 3.32. The number of hydrogen-bond donors (Lipinski definition) is 1. The average Bonchev–Trinajstić information content (AvgIpc) is 2.83. The fourth-order valence-corrected chi connectivity index (χ4v) is 2.27. The van der Waals surface area contributed by atoms with Crippen molar-refractivity contribution in [2.75, 3.05) is 6.54 Å². The lowest BCUT2D eigenvalue weighted by atomic mass is 10.2. The largest absolute Gasteiger partial charge is 0.312 e. The quantitative estimate of drug-likeness (QED) is 0.844. The summed E-state index contributed by atoms with van der Waals surface area (Å²) in [5.74, 6) is -0.338. The van der Waals surface area contributed by atoms with Gasteiger partial charge in [0.15, 0.2) is 0 Å². The van der Waals surface area contributed by atoms with Crippen LogP contribution in [0.4, 0.5) is 4.39 Å². The van der Waals surface area contributed by atoms with Gasteiger partial charge in [0.2, 0.25) is 0 Å².